The lowest BCUT2D eigenvalue weighted by Crippen LogP contribution is -2.39. The lowest BCUT2D eigenvalue weighted by atomic mass is 9.94. The predicted molar refractivity (Wildman–Crippen MR) is 96.1 cm³/mol. The summed E-state index contributed by atoms with van der Waals surface area (Å²) >= 11 is 0. The minimum absolute atomic E-state index is 0.0149. The molecule has 2 aromatic heterocycles. The van der Waals surface area contributed by atoms with E-state index < -0.39 is 0 Å². The third-order valence-electron chi connectivity index (χ3n) is 4.79. The Balaban J connectivity index is 1.50. The van der Waals surface area contributed by atoms with Crippen LogP contribution in [0, 0.1) is 5.82 Å². The standard InChI is InChI=1S/C20H19FN4O/c21-17-7-5-14(6-8-17)18-11-19(24-23-18)16-4-2-10-25(13-16)20(26)15-3-1-9-22-12-15/h1,3,5-9,11-12,16H,2,4,10,13H2,(H,23,24)/t16-/m0/s1. The number of benzene rings is 1. The normalized spacial score (nSPS) is 17.3. The molecule has 0 bridgehead atoms. The fraction of sp³-hybridized carbons (Fsp3) is 0.250. The smallest absolute Gasteiger partial charge is 0.255 e. The van der Waals surface area contributed by atoms with Crippen molar-refractivity contribution in [1.29, 1.82) is 0 Å². The summed E-state index contributed by atoms with van der Waals surface area (Å²) in [6.45, 7) is 1.40. The molecule has 3 heterocycles. The number of nitrogens with zero attached hydrogens (tertiary/aromatic N) is 3. The number of aromatic amines is 1. The van der Waals surface area contributed by atoms with Crippen LogP contribution in [0.4, 0.5) is 4.39 Å². The molecule has 0 unspecified atom stereocenters. The Hall–Kier alpha value is -3.02. The zero-order valence-corrected chi connectivity index (χ0v) is 14.2. The van der Waals surface area contributed by atoms with Gasteiger partial charge < -0.3 is 4.90 Å². The summed E-state index contributed by atoms with van der Waals surface area (Å²) in [6.07, 6.45) is 5.22. The molecule has 0 saturated carbocycles. The Labute approximate surface area is 150 Å². The van der Waals surface area contributed by atoms with Crippen LogP contribution in [0.25, 0.3) is 11.3 Å². The highest BCUT2D eigenvalue weighted by Crippen LogP contribution is 2.29. The van der Waals surface area contributed by atoms with Crippen molar-refractivity contribution in [2.75, 3.05) is 13.1 Å². The summed E-state index contributed by atoms with van der Waals surface area (Å²) in [4.78, 5) is 18.6. The molecule has 132 valence electrons. The molecular weight excluding hydrogens is 331 g/mol. The van der Waals surface area contributed by atoms with Crippen LogP contribution in [0.3, 0.4) is 0 Å². The maximum Gasteiger partial charge on any atom is 0.255 e. The number of aromatic nitrogens is 3. The van der Waals surface area contributed by atoms with E-state index in [2.05, 4.69) is 15.2 Å². The number of likely N-dealkylation sites (tertiary alicyclic amines) is 1. The summed E-state index contributed by atoms with van der Waals surface area (Å²) in [7, 11) is 0. The largest absolute Gasteiger partial charge is 0.338 e. The summed E-state index contributed by atoms with van der Waals surface area (Å²) in [5.41, 5.74) is 3.28. The number of carbonyl (C=O) groups excluding carboxylic acids is 1. The molecule has 6 heteroatoms. The highest BCUT2D eigenvalue weighted by molar-refractivity contribution is 5.94. The van der Waals surface area contributed by atoms with Crippen LogP contribution in [-0.2, 0) is 0 Å². The first-order valence-electron chi connectivity index (χ1n) is 8.71. The number of H-pyrrole nitrogens is 1. The van der Waals surface area contributed by atoms with Gasteiger partial charge in [0, 0.05) is 42.7 Å². The van der Waals surface area contributed by atoms with Crippen LogP contribution < -0.4 is 0 Å². The van der Waals surface area contributed by atoms with Gasteiger partial charge in [-0.1, -0.05) is 0 Å². The van der Waals surface area contributed by atoms with E-state index in [0.717, 1.165) is 36.3 Å². The van der Waals surface area contributed by atoms with Crippen molar-refractivity contribution >= 4 is 5.91 Å². The van der Waals surface area contributed by atoms with Gasteiger partial charge in [-0.05, 0) is 55.3 Å². The number of piperidine rings is 1. The summed E-state index contributed by atoms with van der Waals surface area (Å²) in [5, 5.41) is 7.45. The van der Waals surface area contributed by atoms with Crippen molar-refractivity contribution in [2.24, 2.45) is 0 Å². The fourth-order valence-electron chi connectivity index (χ4n) is 3.40. The maximum atomic E-state index is 13.1. The zero-order chi connectivity index (χ0) is 17.9. The molecule has 1 aromatic carbocycles. The van der Waals surface area contributed by atoms with Gasteiger partial charge in [-0.3, -0.25) is 14.9 Å². The maximum absolute atomic E-state index is 13.1. The number of carbonyl (C=O) groups is 1. The minimum Gasteiger partial charge on any atom is -0.338 e. The van der Waals surface area contributed by atoms with Crippen LogP contribution >= 0.6 is 0 Å². The quantitative estimate of drug-likeness (QED) is 0.785. The topological polar surface area (TPSA) is 61.9 Å². The SMILES string of the molecule is O=C(c1cccnc1)N1CCC[C@H](c2cc(-c3ccc(F)cc3)n[nH]2)C1. The van der Waals surface area contributed by atoms with E-state index in [9.17, 15) is 9.18 Å². The predicted octanol–water partition coefficient (Wildman–Crippen LogP) is 3.63. The molecule has 1 amide bonds. The Morgan fingerprint density at radius 3 is 2.85 bits per heavy atom. The van der Waals surface area contributed by atoms with E-state index in [0.29, 0.717) is 12.1 Å². The van der Waals surface area contributed by atoms with Gasteiger partial charge in [0.05, 0.1) is 11.3 Å². The van der Waals surface area contributed by atoms with Crippen molar-refractivity contribution < 1.29 is 9.18 Å². The average Bonchev–Trinajstić information content (AvgIpc) is 3.19. The monoisotopic (exact) mass is 350 g/mol. The Kier molecular flexibility index (Phi) is 4.48. The van der Waals surface area contributed by atoms with Crippen molar-refractivity contribution in [3.63, 3.8) is 0 Å². The van der Waals surface area contributed by atoms with Crippen LogP contribution in [0.15, 0.2) is 54.9 Å². The van der Waals surface area contributed by atoms with Gasteiger partial charge in [-0.25, -0.2) is 4.39 Å². The van der Waals surface area contributed by atoms with Gasteiger partial charge in [0.25, 0.3) is 5.91 Å². The second kappa shape index (κ2) is 7.07. The first-order valence-corrected chi connectivity index (χ1v) is 8.71. The van der Waals surface area contributed by atoms with E-state index in [1.165, 1.54) is 12.1 Å². The van der Waals surface area contributed by atoms with E-state index in [-0.39, 0.29) is 17.6 Å². The van der Waals surface area contributed by atoms with Crippen molar-refractivity contribution in [3.8, 4) is 11.3 Å². The Morgan fingerprint density at radius 1 is 1.23 bits per heavy atom. The lowest BCUT2D eigenvalue weighted by Gasteiger charge is -2.32. The summed E-state index contributed by atoms with van der Waals surface area (Å²) in [5.74, 6) is -0.0338. The van der Waals surface area contributed by atoms with E-state index in [1.807, 2.05) is 11.0 Å². The van der Waals surface area contributed by atoms with E-state index in [4.69, 9.17) is 0 Å². The van der Waals surface area contributed by atoms with Gasteiger partial charge in [0.15, 0.2) is 0 Å². The molecule has 1 N–H and O–H groups in total. The first-order chi connectivity index (χ1) is 12.7. The van der Waals surface area contributed by atoms with Gasteiger partial charge in [0.1, 0.15) is 5.82 Å². The Morgan fingerprint density at radius 2 is 2.08 bits per heavy atom. The number of hydrogen-bond donors (Lipinski definition) is 1. The molecule has 1 saturated heterocycles. The number of halogens is 1. The van der Waals surface area contributed by atoms with Crippen LogP contribution in [0.1, 0.15) is 34.8 Å². The van der Waals surface area contributed by atoms with Gasteiger partial charge >= 0.3 is 0 Å². The van der Waals surface area contributed by atoms with Crippen LogP contribution in [0.2, 0.25) is 0 Å². The van der Waals surface area contributed by atoms with Crippen molar-refractivity contribution in [3.05, 3.63) is 71.9 Å². The number of amides is 1. The highest BCUT2D eigenvalue weighted by Gasteiger charge is 2.26. The number of pyridine rings is 1. The van der Waals surface area contributed by atoms with Crippen LogP contribution in [-0.4, -0.2) is 39.1 Å². The molecule has 0 aliphatic carbocycles. The first kappa shape index (κ1) is 16.4. The van der Waals surface area contributed by atoms with Crippen LogP contribution in [0.5, 0.6) is 0 Å². The molecule has 1 aliphatic heterocycles. The fourth-order valence-corrected chi connectivity index (χ4v) is 3.40. The Bertz CT molecular complexity index is 892. The molecule has 0 spiro atoms. The second-order valence-electron chi connectivity index (χ2n) is 6.55. The van der Waals surface area contributed by atoms with Gasteiger partial charge in [-0.2, -0.15) is 5.10 Å². The number of rotatable bonds is 3. The van der Waals surface area contributed by atoms with Crippen molar-refractivity contribution in [1.82, 2.24) is 20.1 Å². The highest BCUT2D eigenvalue weighted by atomic mass is 19.1. The minimum atomic E-state index is -0.263. The van der Waals surface area contributed by atoms with E-state index >= 15 is 0 Å². The molecule has 1 aliphatic rings. The molecule has 1 atom stereocenters. The third-order valence-corrected chi connectivity index (χ3v) is 4.79. The van der Waals surface area contributed by atoms with Gasteiger partial charge in [0.2, 0.25) is 0 Å². The third kappa shape index (κ3) is 3.35. The molecule has 0 radical (unpaired) electrons. The molecule has 26 heavy (non-hydrogen) atoms. The molecular formula is C20H19FN4O. The second-order valence-corrected chi connectivity index (χ2v) is 6.55. The lowest BCUT2D eigenvalue weighted by molar-refractivity contribution is 0.0705. The summed E-state index contributed by atoms with van der Waals surface area (Å²) < 4.78 is 13.1. The zero-order valence-electron chi connectivity index (χ0n) is 14.2. The van der Waals surface area contributed by atoms with Gasteiger partial charge in [-0.15, -0.1) is 0 Å². The molecule has 4 rings (SSSR count). The summed E-state index contributed by atoms with van der Waals surface area (Å²) in [6, 6.07) is 11.9. The average molecular weight is 350 g/mol. The van der Waals surface area contributed by atoms with Crippen molar-refractivity contribution in [2.45, 2.75) is 18.8 Å². The molecule has 5 nitrogen and oxygen atoms in total. The molecule has 1 fully saturated rings. The number of nitrogens with one attached hydrogen (secondary N) is 1. The van der Waals surface area contributed by atoms with E-state index in [1.54, 1.807) is 36.7 Å². The number of hydrogen-bond acceptors (Lipinski definition) is 3. The molecule has 3 aromatic rings.